The second kappa shape index (κ2) is 35.7. The van der Waals surface area contributed by atoms with E-state index in [1.807, 2.05) is 34.0 Å². The van der Waals surface area contributed by atoms with Crippen molar-refractivity contribution in [1.82, 2.24) is 0 Å². The zero-order valence-electron chi connectivity index (χ0n) is 82.5. The van der Waals surface area contributed by atoms with Gasteiger partial charge in [-0.1, -0.05) is 399 Å². The highest BCUT2D eigenvalue weighted by Gasteiger charge is 2.44. The molecule has 3 aliphatic carbocycles. The first-order valence-corrected chi connectivity index (χ1v) is 53.4. The summed E-state index contributed by atoms with van der Waals surface area (Å²) >= 11 is 5.87. The van der Waals surface area contributed by atoms with Crippen LogP contribution in [0.3, 0.4) is 0 Å². The zero-order chi connectivity index (χ0) is 98.3. The molecule has 0 fully saturated rings. The predicted octanol–water partition coefficient (Wildman–Crippen LogP) is 41.0. The van der Waals surface area contributed by atoms with E-state index < -0.39 is 0 Å². The topological polar surface area (TPSA) is 9.72 Å². The van der Waals surface area contributed by atoms with Gasteiger partial charge in [-0.3, -0.25) is 0 Å². The van der Waals surface area contributed by atoms with Crippen molar-refractivity contribution >= 4 is 115 Å². The Kier molecular flexibility index (Phi) is 21.6. The lowest BCUT2D eigenvalue weighted by Crippen LogP contribution is -2.15. The molecule has 0 aliphatic heterocycles. The lowest BCUT2D eigenvalue weighted by atomic mass is 9.79. The van der Waals surface area contributed by atoms with Crippen molar-refractivity contribution in [3.05, 3.63) is 537 Å². The van der Waals surface area contributed by atoms with E-state index in [0.717, 1.165) is 56.7 Å². The van der Waals surface area contributed by atoms with Gasteiger partial charge < -0.3 is 14.7 Å². The van der Waals surface area contributed by atoms with Crippen molar-refractivity contribution < 1.29 is 0 Å². The Hall–Kier alpha value is -17.1. The van der Waals surface area contributed by atoms with Gasteiger partial charge in [0.25, 0.3) is 0 Å². The lowest BCUT2D eigenvalue weighted by Gasteiger charge is -2.26. The van der Waals surface area contributed by atoms with Crippen LogP contribution in [0.25, 0.3) is 184 Å². The van der Waals surface area contributed by atoms with Gasteiger partial charge >= 0.3 is 0 Å². The van der Waals surface area contributed by atoms with E-state index in [2.05, 4.69) is 560 Å². The van der Waals surface area contributed by atoms with E-state index in [0.29, 0.717) is 0 Å². The smallest absolute Gasteiger partial charge is 0.0462 e. The molecule has 21 aromatic carbocycles. The van der Waals surface area contributed by atoms with E-state index in [-0.39, 0.29) is 16.2 Å². The maximum absolute atomic E-state index is 2.48. The molecule has 27 rings (SSSR count). The number of rotatable bonds is 20. The average molecular weight is 1930 g/mol. The van der Waals surface area contributed by atoms with E-state index in [1.165, 1.54) is 212 Å². The summed E-state index contributed by atoms with van der Waals surface area (Å²) in [6.07, 6.45) is 0. The fourth-order valence-electron chi connectivity index (χ4n) is 23.8. The van der Waals surface area contributed by atoms with Crippen molar-refractivity contribution in [2.75, 3.05) is 14.7 Å². The number of hydrogen-bond donors (Lipinski definition) is 0. The predicted molar refractivity (Wildman–Crippen MR) is 629 cm³/mol. The summed E-state index contributed by atoms with van der Waals surface area (Å²) in [7, 11) is 0. The van der Waals surface area contributed by atoms with Gasteiger partial charge in [0.1, 0.15) is 0 Å². The van der Waals surface area contributed by atoms with Crippen LogP contribution in [0, 0.1) is 0 Å². The van der Waals surface area contributed by atoms with E-state index in [9.17, 15) is 0 Å². The molecule has 0 saturated carbocycles. The van der Waals surface area contributed by atoms with E-state index >= 15 is 0 Å². The van der Waals surface area contributed by atoms with Gasteiger partial charge in [-0.25, -0.2) is 0 Å². The van der Waals surface area contributed by atoms with Crippen molar-refractivity contribution in [2.24, 2.45) is 0 Å². The number of anilines is 9. The summed E-state index contributed by atoms with van der Waals surface area (Å²) in [5.41, 5.74) is 48.1. The Morgan fingerprint density at radius 2 is 0.463 bits per heavy atom. The highest BCUT2D eigenvalue weighted by atomic mass is 32.1. The molecule has 6 heteroatoms. The molecule has 0 radical (unpaired) electrons. The Morgan fingerprint density at radius 3 is 0.905 bits per heavy atom. The van der Waals surface area contributed by atoms with Crippen LogP contribution in [0.15, 0.2) is 504 Å². The van der Waals surface area contributed by atoms with E-state index in [4.69, 9.17) is 0 Å². The minimum absolute atomic E-state index is 0.233. The Morgan fingerprint density at radius 1 is 0.163 bits per heavy atom. The molecule has 3 heterocycles. The molecule has 0 amide bonds. The SMILES string of the molecule is CC1(C)c2cccc(-c3ccc(N(c4ccc(-c5ccccc5)cc4)c4ccc(-c5ccccc5)cc4)cc3)c2-c2sc3ccc(-c4cccc(-c5ccc(N(c6ccc(-c7ccccc7)cc6)c6ccc(-c7ccc8c(c7)-c7sc9cccc(-c%10cccc%11c%12c(sc%10%11)-c%10ccc(-c%11ccc(N(c%13ccc(-c%14ccccc%14)cc%13)c%13ccc(-c%14ccccc%14)cc%13)cc%11)cc%10C%12(C)C)c9c7C8(C)C)cc6)cc5)c4)cc3c21. The van der Waals surface area contributed by atoms with Crippen molar-refractivity contribution in [2.45, 2.75) is 57.8 Å². The van der Waals surface area contributed by atoms with Crippen molar-refractivity contribution in [3.8, 4) is 154 Å². The molecule has 698 valence electrons. The van der Waals surface area contributed by atoms with Crippen LogP contribution in [-0.4, -0.2) is 0 Å². The Labute approximate surface area is 871 Å². The quantitative estimate of drug-likeness (QED) is 0.0753. The van der Waals surface area contributed by atoms with Gasteiger partial charge in [-0.05, 0) is 318 Å². The van der Waals surface area contributed by atoms with Crippen LogP contribution in [0.5, 0.6) is 0 Å². The molecular weight excluding hydrogens is 1830 g/mol. The highest BCUT2D eigenvalue weighted by molar-refractivity contribution is 7.24. The Bertz CT molecular complexity index is 9020. The summed E-state index contributed by atoms with van der Waals surface area (Å²) in [4.78, 5) is 11.3. The third kappa shape index (κ3) is 15.3. The average Bonchev–Trinajstić information content (AvgIpc) is 1.54. The number of thiophene rings is 3. The van der Waals surface area contributed by atoms with Crippen molar-refractivity contribution in [3.63, 3.8) is 0 Å². The largest absolute Gasteiger partial charge is 0.311 e. The number of hydrogen-bond acceptors (Lipinski definition) is 6. The zero-order valence-corrected chi connectivity index (χ0v) is 84.9. The van der Waals surface area contributed by atoms with Gasteiger partial charge in [0, 0.05) is 113 Å². The fourth-order valence-corrected chi connectivity index (χ4v) is 28.2. The molecule has 3 aliphatic rings. The maximum atomic E-state index is 2.48. The minimum atomic E-state index is -0.247. The summed E-state index contributed by atoms with van der Waals surface area (Å²) in [6.45, 7) is 14.7. The van der Waals surface area contributed by atoms with Crippen LogP contribution >= 0.6 is 34.0 Å². The van der Waals surface area contributed by atoms with Crippen molar-refractivity contribution in [1.29, 1.82) is 0 Å². The third-order valence-electron chi connectivity index (χ3n) is 31.3. The van der Waals surface area contributed by atoms with Gasteiger partial charge in [0.2, 0.25) is 0 Å². The lowest BCUT2D eigenvalue weighted by molar-refractivity contribution is 0.667. The summed E-state index contributed by atoms with van der Waals surface area (Å²) in [5.74, 6) is 0. The Balaban J connectivity index is 0.461. The number of fused-ring (bicyclic) bond motifs is 15. The molecule has 0 bridgehead atoms. The number of nitrogens with zero attached hydrogens (tertiary/aromatic N) is 3. The molecular formula is C141H101N3S3. The second-order valence-electron chi connectivity index (χ2n) is 41.0. The van der Waals surface area contributed by atoms with E-state index in [1.54, 1.807) is 0 Å². The minimum Gasteiger partial charge on any atom is -0.311 e. The first-order chi connectivity index (χ1) is 72.1. The third-order valence-corrected chi connectivity index (χ3v) is 34.9. The van der Waals surface area contributed by atoms with Crippen LogP contribution in [0.4, 0.5) is 51.2 Å². The van der Waals surface area contributed by atoms with Gasteiger partial charge in [0.15, 0.2) is 0 Å². The molecule has 0 saturated heterocycles. The van der Waals surface area contributed by atoms with Crippen LogP contribution in [0.2, 0.25) is 0 Å². The van der Waals surface area contributed by atoms with Crippen LogP contribution < -0.4 is 14.7 Å². The maximum Gasteiger partial charge on any atom is 0.0462 e. The summed E-state index contributed by atoms with van der Waals surface area (Å²) in [5, 5.41) is 4.05. The molecule has 0 N–H and O–H groups in total. The normalized spacial score (nSPS) is 13.1. The van der Waals surface area contributed by atoms with Crippen LogP contribution in [-0.2, 0) is 16.2 Å². The summed E-state index contributed by atoms with van der Waals surface area (Å²) in [6, 6.07) is 187. The molecule has 0 unspecified atom stereocenters. The summed E-state index contributed by atoms with van der Waals surface area (Å²) < 4.78 is 3.99. The van der Waals surface area contributed by atoms with Gasteiger partial charge in [-0.15, -0.1) is 34.0 Å². The monoisotopic (exact) mass is 1930 g/mol. The van der Waals surface area contributed by atoms with Crippen LogP contribution in [0.1, 0.15) is 74.9 Å². The molecule has 147 heavy (non-hydrogen) atoms. The van der Waals surface area contributed by atoms with Gasteiger partial charge in [0.05, 0.1) is 0 Å². The molecule has 3 aromatic heterocycles. The number of benzene rings is 21. The molecule has 0 spiro atoms. The first-order valence-electron chi connectivity index (χ1n) is 51.0. The standard InChI is InChI=1S/C141H101N3S3/c1-139(2)125-84-63-106(87-123(125)137-134(139)131-119(39-25-43-129(131)146-137)120-40-23-41-122-132-136(147-135(120)122)121-83-62-108(89-127(121)141(132,5)6)102-58-79-116(80-59-102)142(109-65-44-95(45-66-109)90-26-12-7-13-27-90)110-67-46-96(47-68-110)91-28-14-8-15-29-91)101-56-77-115(78-57-101)143(111-69-48-97(49-70-111)92-30-16-9-17-31-92)114-75-54-100(55-76-114)104-36-22-37-105(86-104)107-64-85-128-124(88-107)133-138(145-128)130-118(38-24-42-126(130)140(133,3)4)103-60-81-117(82-61-103)144(112-71-50-98(51-72-112)93-32-18-10-19-33-93)113-73-52-99(53-74-113)94-34-20-11-21-35-94/h7-89H,1-6H3. The highest BCUT2D eigenvalue weighted by Crippen LogP contribution is 2.63. The molecule has 24 aromatic rings. The molecule has 0 atom stereocenters. The molecule has 3 nitrogen and oxygen atoms in total. The van der Waals surface area contributed by atoms with Gasteiger partial charge in [-0.2, -0.15) is 0 Å². The first kappa shape index (κ1) is 88.8. The second-order valence-corrected chi connectivity index (χ2v) is 44.1. The fraction of sp³-hybridized carbons (Fsp3) is 0.0638.